The molecule has 0 heterocycles. The first kappa shape index (κ1) is 14.1. The van der Waals surface area contributed by atoms with Crippen LogP contribution < -0.4 is 5.32 Å². The molecule has 0 radical (unpaired) electrons. The van der Waals surface area contributed by atoms with Gasteiger partial charge >= 0.3 is 0 Å². The number of benzene rings is 2. The Labute approximate surface area is 124 Å². The fourth-order valence-electron chi connectivity index (χ4n) is 1.62. The number of amides is 1. The van der Waals surface area contributed by atoms with Crippen LogP contribution >= 0.6 is 28.6 Å². The molecule has 0 fully saturated rings. The molecule has 0 saturated heterocycles. The minimum Gasteiger partial charge on any atom is -0.322 e. The van der Waals surface area contributed by atoms with Crippen molar-refractivity contribution in [2.75, 3.05) is 5.32 Å². The minimum atomic E-state index is -0.295. The molecule has 0 saturated carbocycles. The van der Waals surface area contributed by atoms with Crippen LogP contribution in [0.25, 0.3) is 0 Å². The molecule has 2 aromatic carbocycles. The number of hydrogen-bond donors (Lipinski definition) is 2. The molecular weight excluding hydrogens is 329 g/mol. The van der Waals surface area contributed by atoms with Gasteiger partial charge in [-0.2, -0.15) is 0 Å². The van der Waals surface area contributed by atoms with Crippen molar-refractivity contribution >= 4 is 40.2 Å². The van der Waals surface area contributed by atoms with Gasteiger partial charge in [-0.1, -0.05) is 15.9 Å². The Kier molecular flexibility index (Phi) is 4.27. The molecule has 2 aromatic rings. The second-order valence-electron chi connectivity index (χ2n) is 4.08. The van der Waals surface area contributed by atoms with Crippen molar-refractivity contribution in [3.63, 3.8) is 0 Å². The highest BCUT2D eigenvalue weighted by Crippen LogP contribution is 2.21. The standard InChI is InChI=1S/C14H11BrFNOS/c1-8-6-10(3-5-12(8)16)17-14(18)11-4-2-9(15)7-13(11)19/h2-7,19H,1H3,(H,17,18). The zero-order chi connectivity index (χ0) is 14.0. The van der Waals surface area contributed by atoms with Gasteiger partial charge in [0.25, 0.3) is 5.91 Å². The third kappa shape index (κ3) is 3.36. The SMILES string of the molecule is Cc1cc(NC(=O)c2ccc(Br)cc2S)ccc1F. The van der Waals surface area contributed by atoms with Gasteiger partial charge < -0.3 is 5.32 Å². The summed E-state index contributed by atoms with van der Waals surface area (Å²) in [5.74, 6) is -0.569. The number of anilines is 1. The number of thiol groups is 1. The van der Waals surface area contributed by atoms with Gasteiger partial charge in [0.1, 0.15) is 5.82 Å². The molecule has 0 aromatic heterocycles. The molecule has 0 spiro atoms. The lowest BCUT2D eigenvalue weighted by Crippen LogP contribution is -2.12. The van der Waals surface area contributed by atoms with Crippen LogP contribution in [0.5, 0.6) is 0 Å². The van der Waals surface area contributed by atoms with E-state index in [1.807, 2.05) is 0 Å². The van der Waals surface area contributed by atoms with Crippen molar-refractivity contribution in [2.45, 2.75) is 11.8 Å². The van der Waals surface area contributed by atoms with Crippen LogP contribution in [-0.2, 0) is 0 Å². The number of aryl methyl sites for hydroxylation is 1. The Hall–Kier alpha value is -1.33. The summed E-state index contributed by atoms with van der Waals surface area (Å²) in [6, 6.07) is 9.63. The lowest BCUT2D eigenvalue weighted by Gasteiger charge is -2.08. The smallest absolute Gasteiger partial charge is 0.256 e. The van der Waals surface area contributed by atoms with Crippen LogP contribution in [-0.4, -0.2) is 5.91 Å². The van der Waals surface area contributed by atoms with Crippen LogP contribution in [0.2, 0.25) is 0 Å². The largest absolute Gasteiger partial charge is 0.322 e. The lowest BCUT2D eigenvalue weighted by molar-refractivity contribution is 0.102. The number of rotatable bonds is 2. The Morgan fingerprint density at radius 3 is 2.63 bits per heavy atom. The number of carbonyl (C=O) groups is 1. The van der Waals surface area contributed by atoms with Gasteiger partial charge in [0.05, 0.1) is 5.56 Å². The summed E-state index contributed by atoms with van der Waals surface area (Å²) in [6.07, 6.45) is 0. The summed E-state index contributed by atoms with van der Waals surface area (Å²) in [5, 5.41) is 2.72. The molecule has 5 heteroatoms. The highest BCUT2D eigenvalue weighted by molar-refractivity contribution is 9.10. The first-order valence-corrected chi connectivity index (χ1v) is 6.77. The van der Waals surface area contributed by atoms with Gasteiger partial charge in [-0.3, -0.25) is 4.79 Å². The molecule has 0 aliphatic rings. The Morgan fingerprint density at radius 2 is 2.00 bits per heavy atom. The van der Waals surface area contributed by atoms with E-state index in [0.717, 1.165) is 4.47 Å². The van der Waals surface area contributed by atoms with Gasteiger partial charge in [0.2, 0.25) is 0 Å². The van der Waals surface area contributed by atoms with Crippen LogP contribution in [0.3, 0.4) is 0 Å². The molecule has 0 aliphatic carbocycles. The number of halogens is 2. The molecule has 0 bridgehead atoms. The summed E-state index contributed by atoms with van der Waals surface area (Å²) in [4.78, 5) is 12.6. The zero-order valence-electron chi connectivity index (χ0n) is 10.1. The van der Waals surface area contributed by atoms with E-state index in [2.05, 4.69) is 33.9 Å². The molecule has 2 nitrogen and oxygen atoms in total. The molecule has 2 rings (SSSR count). The topological polar surface area (TPSA) is 29.1 Å². The van der Waals surface area contributed by atoms with E-state index in [0.29, 0.717) is 21.7 Å². The van der Waals surface area contributed by atoms with E-state index < -0.39 is 0 Å². The van der Waals surface area contributed by atoms with E-state index in [4.69, 9.17) is 0 Å². The van der Waals surface area contributed by atoms with Crippen molar-refractivity contribution in [1.82, 2.24) is 0 Å². The Balaban J connectivity index is 2.23. The molecule has 1 N–H and O–H groups in total. The average molecular weight is 340 g/mol. The van der Waals surface area contributed by atoms with Crippen LogP contribution in [0, 0.1) is 12.7 Å². The third-order valence-electron chi connectivity index (χ3n) is 2.62. The van der Waals surface area contributed by atoms with Gasteiger partial charge in [-0.25, -0.2) is 4.39 Å². The van der Waals surface area contributed by atoms with E-state index in [-0.39, 0.29) is 11.7 Å². The Bertz CT molecular complexity index is 645. The van der Waals surface area contributed by atoms with Crippen molar-refractivity contribution in [3.8, 4) is 0 Å². The van der Waals surface area contributed by atoms with Crippen LogP contribution in [0.15, 0.2) is 45.8 Å². The van der Waals surface area contributed by atoms with Crippen molar-refractivity contribution in [1.29, 1.82) is 0 Å². The maximum Gasteiger partial charge on any atom is 0.256 e. The molecule has 0 aliphatic heterocycles. The first-order chi connectivity index (χ1) is 8.97. The highest BCUT2D eigenvalue weighted by Gasteiger charge is 2.10. The second-order valence-corrected chi connectivity index (χ2v) is 5.48. The maximum atomic E-state index is 13.1. The monoisotopic (exact) mass is 339 g/mol. The number of carbonyl (C=O) groups excluding carboxylic acids is 1. The van der Waals surface area contributed by atoms with E-state index in [1.54, 1.807) is 31.2 Å². The van der Waals surface area contributed by atoms with Crippen molar-refractivity contribution < 1.29 is 9.18 Å². The summed E-state index contributed by atoms with van der Waals surface area (Å²) in [7, 11) is 0. The van der Waals surface area contributed by atoms with E-state index in [1.165, 1.54) is 12.1 Å². The molecule has 98 valence electrons. The fraction of sp³-hybridized carbons (Fsp3) is 0.0714. The molecule has 0 atom stereocenters. The summed E-state index contributed by atoms with van der Waals surface area (Å²) < 4.78 is 14.0. The first-order valence-electron chi connectivity index (χ1n) is 5.53. The van der Waals surface area contributed by atoms with Gasteiger partial charge in [-0.15, -0.1) is 12.6 Å². The van der Waals surface area contributed by atoms with Crippen LogP contribution in [0.1, 0.15) is 15.9 Å². The minimum absolute atomic E-state index is 0.275. The average Bonchev–Trinajstić information content (AvgIpc) is 2.33. The maximum absolute atomic E-state index is 13.1. The highest BCUT2D eigenvalue weighted by atomic mass is 79.9. The quantitative estimate of drug-likeness (QED) is 0.778. The third-order valence-corrected chi connectivity index (χ3v) is 3.48. The summed E-state index contributed by atoms with van der Waals surface area (Å²) in [6.45, 7) is 1.65. The van der Waals surface area contributed by atoms with Crippen molar-refractivity contribution in [3.05, 3.63) is 57.8 Å². The molecule has 19 heavy (non-hydrogen) atoms. The van der Waals surface area contributed by atoms with Gasteiger partial charge in [0, 0.05) is 15.1 Å². The molecule has 0 unspecified atom stereocenters. The van der Waals surface area contributed by atoms with E-state index >= 15 is 0 Å². The fourth-order valence-corrected chi connectivity index (χ4v) is 2.47. The number of nitrogens with one attached hydrogen (secondary N) is 1. The normalized spacial score (nSPS) is 10.3. The number of hydrogen-bond acceptors (Lipinski definition) is 2. The molecular formula is C14H11BrFNOS. The van der Waals surface area contributed by atoms with E-state index in [9.17, 15) is 9.18 Å². The van der Waals surface area contributed by atoms with Gasteiger partial charge in [0.15, 0.2) is 0 Å². The Morgan fingerprint density at radius 1 is 1.26 bits per heavy atom. The zero-order valence-corrected chi connectivity index (χ0v) is 12.6. The summed E-state index contributed by atoms with van der Waals surface area (Å²) in [5.41, 5.74) is 1.51. The second kappa shape index (κ2) is 5.75. The molecule has 1 amide bonds. The van der Waals surface area contributed by atoms with Crippen molar-refractivity contribution in [2.24, 2.45) is 0 Å². The predicted molar refractivity (Wildman–Crippen MR) is 80.5 cm³/mol. The summed E-state index contributed by atoms with van der Waals surface area (Å²) >= 11 is 7.57. The van der Waals surface area contributed by atoms with Gasteiger partial charge in [-0.05, 0) is 48.9 Å². The lowest BCUT2D eigenvalue weighted by atomic mass is 10.2. The van der Waals surface area contributed by atoms with Crippen LogP contribution in [0.4, 0.5) is 10.1 Å². The predicted octanol–water partition coefficient (Wildman–Crippen LogP) is 4.44.